The summed E-state index contributed by atoms with van der Waals surface area (Å²) in [6, 6.07) is 21.0. The molecule has 0 heterocycles. The van der Waals surface area contributed by atoms with Gasteiger partial charge >= 0.3 is 0 Å². The van der Waals surface area contributed by atoms with Gasteiger partial charge in [-0.05, 0) is 46.9 Å². The quantitative estimate of drug-likeness (QED) is 0.345. The first-order valence-corrected chi connectivity index (χ1v) is 13.1. The third kappa shape index (κ3) is 8.79. The molecule has 0 bridgehead atoms. The van der Waals surface area contributed by atoms with Crippen molar-refractivity contribution in [2.75, 3.05) is 12.3 Å². The second-order valence-electron chi connectivity index (χ2n) is 9.11. The fraction of sp³-hybridized carbons (Fsp3) is 0.310. The van der Waals surface area contributed by atoms with E-state index in [2.05, 4.69) is 5.32 Å². The van der Waals surface area contributed by atoms with Gasteiger partial charge in [0.2, 0.25) is 11.8 Å². The molecule has 3 aromatic carbocycles. The minimum Gasteiger partial charge on any atom is -0.354 e. The second kappa shape index (κ2) is 13.8. The third-order valence-corrected chi connectivity index (χ3v) is 6.62. The van der Waals surface area contributed by atoms with Gasteiger partial charge in [-0.25, -0.2) is 8.78 Å². The number of amides is 2. The van der Waals surface area contributed by atoms with Gasteiger partial charge < -0.3 is 10.2 Å². The molecule has 1 atom stereocenters. The molecule has 1 N–H and O–H groups in total. The zero-order chi connectivity index (χ0) is 25.9. The number of halogens is 2. The predicted octanol–water partition coefficient (Wildman–Crippen LogP) is 5.61. The van der Waals surface area contributed by atoms with Gasteiger partial charge in [-0.1, -0.05) is 68.4 Å². The van der Waals surface area contributed by atoms with Crippen LogP contribution in [0.1, 0.15) is 30.5 Å². The minimum atomic E-state index is -0.727. The Morgan fingerprint density at radius 3 is 2.00 bits per heavy atom. The van der Waals surface area contributed by atoms with Crippen molar-refractivity contribution in [3.63, 3.8) is 0 Å². The Labute approximate surface area is 216 Å². The Morgan fingerprint density at radius 1 is 0.833 bits per heavy atom. The molecule has 0 radical (unpaired) electrons. The van der Waals surface area contributed by atoms with Gasteiger partial charge in [0.15, 0.2) is 0 Å². The van der Waals surface area contributed by atoms with Crippen molar-refractivity contribution in [3.05, 3.63) is 107 Å². The van der Waals surface area contributed by atoms with Crippen LogP contribution in [0.2, 0.25) is 0 Å². The molecule has 0 saturated carbocycles. The normalized spacial score (nSPS) is 11.8. The van der Waals surface area contributed by atoms with E-state index >= 15 is 0 Å². The fourth-order valence-electron chi connectivity index (χ4n) is 3.68. The van der Waals surface area contributed by atoms with Crippen LogP contribution in [0.25, 0.3) is 0 Å². The first-order valence-electron chi connectivity index (χ1n) is 12.0. The van der Waals surface area contributed by atoms with Crippen molar-refractivity contribution >= 4 is 23.6 Å². The van der Waals surface area contributed by atoms with Crippen LogP contribution in [0.15, 0.2) is 78.9 Å². The maximum atomic E-state index is 13.5. The molecule has 0 aromatic heterocycles. The number of carbonyl (C=O) groups excluding carboxylic acids is 2. The number of carbonyl (C=O) groups is 2. The lowest BCUT2D eigenvalue weighted by Gasteiger charge is -2.32. The smallest absolute Gasteiger partial charge is 0.243 e. The predicted molar refractivity (Wildman–Crippen MR) is 141 cm³/mol. The summed E-state index contributed by atoms with van der Waals surface area (Å²) >= 11 is 1.41. The van der Waals surface area contributed by atoms with Crippen molar-refractivity contribution in [3.8, 4) is 0 Å². The van der Waals surface area contributed by atoms with Crippen molar-refractivity contribution < 1.29 is 18.4 Å². The number of benzene rings is 3. The standard InChI is InChI=1S/C29H32F2N2O2S/c1-21(2)17-32-29(35)27(16-22-6-4-3-5-7-22)33(18-23-8-12-25(30)13-9-23)28(34)20-36-19-24-10-14-26(31)15-11-24/h3-15,21,27H,16-20H2,1-2H3,(H,32,35)/t27-/m1/s1. The highest BCUT2D eigenvalue weighted by Crippen LogP contribution is 2.19. The molecule has 0 saturated heterocycles. The summed E-state index contributed by atoms with van der Waals surface area (Å²) in [5.74, 6) is -0.110. The number of thioether (sulfide) groups is 1. The minimum absolute atomic E-state index is 0.154. The molecule has 2 amide bonds. The molecule has 3 aromatic rings. The SMILES string of the molecule is CC(C)CNC(=O)[C@@H](Cc1ccccc1)N(Cc1ccc(F)cc1)C(=O)CSCc1ccc(F)cc1. The van der Waals surface area contributed by atoms with Crippen molar-refractivity contribution in [1.82, 2.24) is 10.2 Å². The van der Waals surface area contributed by atoms with Gasteiger partial charge in [-0.2, -0.15) is 0 Å². The topological polar surface area (TPSA) is 49.4 Å². The molecule has 3 rings (SSSR count). The Kier molecular flexibility index (Phi) is 10.5. The zero-order valence-corrected chi connectivity index (χ0v) is 21.4. The lowest BCUT2D eigenvalue weighted by atomic mass is 10.0. The number of hydrogen-bond donors (Lipinski definition) is 1. The van der Waals surface area contributed by atoms with E-state index < -0.39 is 6.04 Å². The van der Waals surface area contributed by atoms with E-state index in [0.29, 0.717) is 18.7 Å². The molecule has 0 aliphatic carbocycles. The van der Waals surface area contributed by atoms with E-state index in [9.17, 15) is 18.4 Å². The van der Waals surface area contributed by atoms with E-state index in [1.807, 2.05) is 44.2 Å². The molecule has 0 spiro atoms. The highest BCUT2D eigenvalue weighted by molar-refractivity contribution is 7.99. The second-order valence-corrected chi connectivity index (χ2v) is 10.1. The Morgan fingerprint density at radius 2 is 1.42 bits per heavy atom. The number of hydrogen-bond acceptors (Lipinski definition) is 3. The van der Waals surface area contributed by atoms with Crippen LogP contribution >= 0.6 is 11.8 Å². The van der Waals surface area contributed by atoms with Crippen LogP contribution in [0.3, 0.4) is 0 Å². The summed E-state index contributed by atoms with van der Waals surface area (Å²) in [5.41, 5.74) is 2.59. The Balaban J connectivity index is 1.82. The van der Waals surface area contributed by atoms with E-state index in [1.54, 1.807) is 29.2 Å². The first-order chi connectivity index (χ1) is 17.3. The van der Waals surface area contributed by atoms with E-state index in [1.165, 1.54) is 36.0 Å². The molecule has 0 fully saturated rings. The molecule has 7 heteroatoms. The average molecular weight is 511 g/mol. The monoisotopic (exact) mass is 510 g/mol. The van der Waals surface area contributed by atoms with Gasteiger partial charge in [0.05, 0.1) is 5.75 Å². The molecule has 190 valence electrons. The third-order valence-electron chi connectivity index (χ3n) is 5.63. The lowest BCUT2D eigenvalue weighted by molar-refractivity contribution is -0.139. The molecule has 36 heavy (non-hydrogen) atoms. The van der Waals surface area contributed by atoms with Gasteiger partial charge in [0.25, 0.3) is 0 Å². The van der Waals surface area contributed by atoms with E-state index in [0.717, 1.165) is 16.7 Å². The van der Waals surface area contributed by atoms with Gasteiger partial charge in [-0.15, -0.1) is 11.8 Å². The molecule has 0 aliphatic heterocycles. The molecule has 0 aliphatic rings. The summed E-state index contributed by atoms with van der Waals surface area (Å²) in [6.45, 7) is 4.71. The van der Waals surface area contributed by atoms with Crippen molar-refractivity contribution in [2.45, 2.75) is 38.6 Å². The van der Waals surface area contributed by atoms with Gasteiger partial charge in [0.1, 0.15) is 17.7 Å². The number of rotatable bonds is 12. The van der Waals surface area contributed by atoms with Gasteiger partial charge in [-0.3, -0.25) is 9.59 Å². The van der Waals surface area contributed by atoms with Crippen molar-refractivity contribution in [1.29, 1.82) is 0 Å². The summed E-state index contributed by atoms with van der Waals surface area (Å²) in [5, 5.41) is 2.98. The van der Waals surface area contributed by atoms with E-state index in [4.69, 9.17) is 0 Å². The highest BCUT2D eigenvalue weighted by atomic mass is 32.2. The van der Waals surface area contributed by atoms with Crippen LogP contribution in [0.4, 0.5) is 8.78 Å². The maximum Gasteiger partial charge on any atom is 0.243 e. The van der Waals surface area contributed by atoms with Crippen LogP contribution in [-0.4, -0.2) is 35.1 Å². The largest absolute Gasteiger partial charge is 0.354 e. The lowest BCUT2D eigenvalue weighted by Crippen LogP contribution is -2.51. The molecule has 4 nitrogen and oxygen atoms in total. The summed E-state index contributed by atoms with van der Waals surface area (Å²) < 4.78 is 26.7. The average Bonchev–Trinajstić information content (AvgIpc) is 2.87. The summed E-state index contributed by atoms with van der Waals surface area (Å²) in [4.78, 5) is 28.5. The van der Waals surface area contributed by atoms with Crippen LogP contribution in [0.5, 0.6) is 0 Å². The summed E-state index contributed by atoms with van der Waals surface area (Å²) in [6.07, 6.45) is 0.361. The van der Waals surface area contributed by atoms with Crippen LogP contribution < -0.4 is 5.32 Å². The van der Waals surface area contributed by atoms with Crippen molar-refractivity contribution in [2.24, 2.45) is 5.92 Å². The molecular weight excluding hydrogens is 478 g/mol. The first kappa shape index (κ1) is 27.4. The van der Waals surface area contributed by atoms with Crippen LogP contribution in [0, 0.1) is 17.6 Å². The van der Waals surface area contributed by atoms with Gasteiger partial charge in [0, 0.05) is 25.3 Å². The maximum absolute atomic E-state index is 13.5. The fourth-order valence-corrected chi connectivity index (χ4v) is 4.55. The molecular formula is C29H32F2N2O2S. The zero-order valence-electron chi connectivity index (χ0n) is 20.6. The van der Waals surface area contributed by atoms with E-state index in [-0.39, 0.29) is 41.7 Å². The number of nitrogens with zero attached hydrogens (tertiary/aromatic N) is 1. The Bertz CT molecular complexity index is 1110. The highest BCUT2D eigenvalue weighted by Gasteiger charge is 2.30. The van der Waals surface area contributed by atoms with Crippen LogP contribution in [-0.2, 0) is 28.3 Å². The number of nitrogens with one attached hydrogen (secondary N) is 1. The Hall–Kier alpha value is -3.19. The molecule has 0 unspecified atom stereocenters. The summed E-state index contributed by atoms with van der Waals surface area (Å²) in [7, 11) is 0.